The van der Waals surface area contributed by atoms with Gasteiger partial charge in [0.2, 0.25) is 0 Å². The summed E-state index contributed by atoms with van der Waals surface area (Å²) in [5.74, 6) is 0.477. The van der Waals surface area contributed by atoms with Crippen molar-refractivity contribution >= 4 is 5.88 Å². The van der Waals surface area contributed by atoms with E-state index in [9.17, 15) is 10.1 Å². The minimum atomic E-state index is -0.563. The lowest BCUT2D eigenvalue weighted by Crippen LogP contribution is -2.17. The van der Waals surface area contributed by atoms with Crippen LogP contribution < -0.4 is 5.73 Å². The van der Waals surface area contributed by atoms with Crippen LogP contribution >= 0.6 is 0 Å². The van der Waals surface area contributed by atoms with E-state index in [1.165, 1.54) is 6.07 Å². The van der Waals surface area contributed by atoms with Crippen LogP contribution in [0.4, 0.5) is 5.88 Å². The summed E-state index contributed by atoms with van der Waals surface area (Å²) in [5.41, 5.74) is 5.85. The van der Waals surface area contributed by atoms with Crippen molar-refractivity contribution in [3.8, 4) is 0 Å². The molecule has 0 aliphatic carbocycles. The van der Waals surface area contributed by atoms with E-state index in [0.717, 1.165) is 6.42 Å². The third-order valence-corrected chi connectivity index (χ3v) is 2.38. The molecule has 0 saturated heterocycles. The second-order valence-electron chi connectivity index (χ2n) is 3.34. The van der Waals surface area contributed by atoms with Crippen molar-refractivity contribution in [1.29, 1.82) is 0 Å². The first-order valence-corrected chi connectivity index (χ1v) is 4.56. The molecule has 0 aliphatic heterocycles. The molecule has 0 saturated carbocycles. The predicted octanol–water partition coefficient (Wildman–Crippen LogP) is 2.23. The average Bonchev–Trinajstić information content (AvgIpc) is 2.64. The Kier molecular flexibility index (Phi) is 3.24. The molecule has 0 bridgehead atoms. The maximum atomic E-state index is 10.3. The number of hydrogen-bond acceptors (Lipinski definition) is 4. The van der Waals surface area contributed by atoms with Gasteiger partial charge in [-0.2, -0.15) is 0 Å². The fraction of sp³-hybridized carbons (Fsp3) is 0.556. The van der Waals surface area contributed by atoms with Gasteiger partial charge in [0.1, 0.15) is 10.7 Å². The van der Waals surface area contributed by atoms with Gasteiger partial charge in [-0.25, -0.2) is 0 Å². The van der Waals surface area contributed by atoms with Gasteiger partial charge >= 0.3 is 5.88 Å². The van der Waals surface area contributed by atoms with E-state index in [4.69, 9.17) is 10.2 Å². The lowest BCUT2D eigenvalue weighted by molar-refractivity contribution is -0.402. The number of furan rings is 1. The van der Waals surface area contributed by atoms with Crippen LogP contribution in [0.3, 0.4) is 0 Å². The van der Waals surface area contributed by atoms with E-state index < -0.39 is 4.92 Å². The van der Waals surface area contributed by atoms with Crippen LogP contribution in [-0.4, -0.2) is 4.92 Å². The van der Waals surface area contributed by atoms with E-state index >= 15 is 0 Å². The lowest BCUT2D eigenvalue weighted by atomic mass is 9.98. The fourth-order valence-corrected chi connectivity index (χ4v) is 1.15. The summed E-state index contributed by atoms with van der Waals surface area (Å²) in [6.07, 6.45) is 0.912. The zero-order valence-corrected chi connectivity index (χ0v) is 8.27. The van der Waals surface area contributed by atoms with Crippen LogP contribution in [0.25, 0.3) is 0 Å². The van der Waals surface area contributed by atoms with Crippen molar-refractivity contribution < 1.29 is 9.34 Å². The Hall–Kier alpha value is -1.36. The molecule has 0 spiro atoms. The van der Waals surface area contributed by atoms with Crippen LogP contribution in [0.2, 0.25) is 0 Å². The number of nitrogens with two attached hydrogens (primary N) is 1. The molecule has 0 aliphatic rings. The van der Waals surface area contributed by atoms with Gasteiger partial charge in [-0.1, -0.05) is 20.3 Å². The average molecular weight is 198 g/mol. The largest absolute Gasteiger partial charge is 0.433 e. The maximum Gasteiger partial charge on any atom is 0.433 e. The van der Waals surface area contributed by atoms with E-state index in [2.05, 4.69) is 0 Å². The Morgan fingerprint density at radius 2 is 2.29 bits per heavy atom. The Morgan fingerprint density at radius 3 is 2.71 bits per heavy atom. The molecular weight excluding hydrogens is 184 g/mol. The Labute approximate surface area is 82.0 Å². The first-order chi connectivity index (χ1) is 6.56. The SMILES string of the molecule is CCC(C)[C@H](N)c1ccc([N+](=O)[O-])o1. The van der Waals surface area contributed by atoms with Gasteiger partial charge in [0.25, 0.3) is 0 Å². The lowest BCUT2D eigenvalue weighted by Gasteiger charge is -2.14. The molecule has 0 amide bonds. The van der Waals surface area contributed by atoms with Gasteiger partial charge in [-0.3, -0.25) is 10.1 Å². The van der Waals surface area contributed by atoms with Gasteiger partial charge in [-0.15, -0.1) is 0 Å². The summed E-state index contributed by atoms with van der Waals surface area (Å²) in [7, 11) is 0. The molecular formula is C9H14N2O3. The number of hydrogen-bond donors (Lipinski definition) is 1. The highest BCUT2D eigenvalue weighted by molar-refractivity contribution is 5.19. The van der Waals surface area contributed by atoms with E-state index in [1.54, 1.807) is 6.07 Å². The molecule has 1 heterocycles. The predicted molar refractivity (Wildman–Crippen MR) is 51.7 cm³/mol. The van der Waals surface area contributed by atoms with Gasteiger partial charge < -0.3 is 10.2 Å². The third kappa shape index (κ3) is 2.11. The van der Waals surface area contributed by atoms with Crippen molar-refractivity contribution in [3.05, 3.63) is 28.0 Å². The fourth-order valence-electron chi connectivity index (χ4n) is 1.15. The molecule has 0 fully saturated rings. The highest BCUT2D eigenvalue weighted by atomic mass is 16.6. The van der Waals surface area contributed by atoms with Crippen molar-refractivity contribution in [2.24, 2.45) is 11.7 Å². The highest BCUT2D eigenvalue weighted by Gasteiger charge is 2.20. The zero-order chi connectivity index (χ0) is 10.7. The first kappa shape index (κ1) is 10.7. The molecule has 5 heteroatoms. The van der Waals surface area contributed by atoms with Crippen molar-refractivity contribution in [3.63, 3.8) is 0 Å². The van der Waals surface area contributed by atoms with Crippen LogP contribution in [0.5, 0.6) is 0 Å². The number of rotatable bonds is 4. The van der Waals surface area contributed by atoms with Crippen molar-refractivity contribution in [2.75, 3.05) is 0 Å². The minimum Gasteiger partial charge on any atom is -0.404 e. The smallest absolute Gasteiger partial charge is 0.404 e. The summed E-state index contributed by atoms with van der Waals surface area (Å²) >= 11 is 0. The maximum absolute atomic E-state index is 10.3. The summed E-state index contributed by atoms with van der Waals surface area (Å²) in [6, 6.07) is 2.63. The third-order valence-electron chi connectivity index (χ3n) is 2.38. The minimum absolute atomic E-state index is 0.251. The van der Waals surface area contributed by atoms with Crippen LogP contribution in [0.15, 0.2) is 16.5 Å². The molecule has 1 rings (SSSR count). The first-order valence-electron chi connectivity index (χ1n) is 4.56. The monoisotopic (exact) mass is 198 g/mol. The second kappa shape index (κ2) is 4.23. The van der Waals surface area contributed by atoms with E-state index in [1.807, 2.05) is 13.8 Å². The quantitative estimate of drug-likeness (QED) is 0.594. The molecule has 0 aromatic carbocycles. The van der Waals surface area contributed by atoms with Gasteiger partial charge in [0.05, 0.1) is 12.1 Å². The standard InChI is InChI=1S/C9H14N2O3/c1-3-6(2)9(10)7-4-5-8(14-7)11(12)13/h4-6,9H,3,10H2,1-2H3/t6?,9-/m0/s1. The Morgan fingerprint density at radius 1 is 1.64 bits per heavy atom. The van der Waals surface area contributed by atoms with Gasteiger partial charge in [-0.05, 0) is 12.0 Å². The van der Waals surface area contributed by atoms with Crippen LogP contribution in [0, 0.1) is 16.0 Å². The second-order valence-corrected chi connectivity index (χ2v) is 3.34. The molecule has 78 valence electrons. The van der Waals surface area contributed by atoms with Crippen LogP contribution in [0.1, 0.15) is 32.1 Å². The number of nitro groups is 1. The highest BCUT2D eigenvalue weighted by Crippen LogP contribution is 2.26. The molecule has 0 radical (unpaired) electrons. The Balaban J connectivity index is 2.81. The summed E-state index contributed by atoms with van der Waals surface area (Å²) < 4.78 is 5.01. The zero-order valence-electron chi connectivity index (χ0n) is 8.27. The summed E-state index contributed by atoms with van der Waals surface area (Å²) in [6.45, 7) is 4.00. The van der Waals surface area contributed by atoms with Gasteiger partial charge in [0.15, 0.2) is 0 Å². The Bertz CT molecular complexity index is 322. The summed E-state index contributed by atoms with van der Waals surface area (Å²) in [5, 5.41) is 10.3. The van der Waals surface area contributed by atoms with E-state index in [0.29, 0.717) is 5.76 Å². The summed E-state index contributed by atoms with van der Waals surface area (Å²) in [4.78, 5) is 9.78. The van der Waals surface area contributed by atoms with Gasteiger partial charge in [0, 0.05) is 0 Å². The molecule has 14 heavy (non-hydrogen) atoms. The molecule has 2 N–H and O–H groups in total. The molecule has 5 nitrogen and oxygen atoms in total. The van der Waals surface area contributed by atoms with Crippen molar-refractivity contribution in [2.45, 2.75) is 26.3 Å². The normalized spacial score (nSPS) is 15.1. The van der Waals surface area contributed by atoms with E-state index in [-0.39, 0.29) is 17.8 Å². The van der Waals surface area contributed by atoms with Crippen LogP contribution in [-0.2, 0) is 0 Å². The number of nitrogens with zero attached hydrogens (tertiary/aromatic N) is 1. The molecule has 1 aromatic rings. The van der Waals surface area contributed by atoms with Crippen molar-refractivity contribution in [1.82, 2.24) is 0 Å². The molecule has 1 unspecified atom stereocenters. The molecule has 2 atom stereocenters. The molecule has 1 aromatic heterocycles. The topological polar surface area (TPSA) is 82.3 Å².